The average molecular weight is 453 g/mol. The van der Waals surface area contributed by atoms with Crippen LogP contribution in [-0.4, -0.2) is 53.0 Å². The van der Waals surface area contributed by atoms with Crippen molar-refractivity contribution in [3.8, 4) is 0 Å². The van der Waals surface area contributed by atoms with Gasteiger partial charge in [-0.15, -0.1) is 11.6 Å². The molecule has 2 heterocycles. The molecule has 3 rings (SSSR count). The summed E-state index contributed by atoms with van der Waals surface area (Å²) < 4.78 is 17.3. The maximum Gasteiger partial charge on any atom is 0.321 e. The summed E-state index contributed by atoms with van der Waals surface area (Å²) >= 11 is 5.59. The van der Waals surface area contributed by atoms with E-state index in [9.17, 15) is 24.0 Å². The Morgan fingerprint density at radius 2 is 1.87 bits per heavy atom. The minimum Gasteiger partial charge on any atom is -0.492 e. The molecule has 1 N–H and O–H groups in total. The number of rotatable bonds is 6. The van der Waals surface area contributed by atoms with Crippen LogP contribution in [0.4, 0.5) is 0 Å². The maximum atomic E-state index is 13.1. The van der Waals surface area contributed by atoms with Crippen molar-refractivity contribution < 1.29 is 38.2 Å². The molecule has 1 amide bonds. The van der Waals surface area contributed by atoms with E-state index in [0.29, 0.717) is 0 Å². The molecule has 0 aromatic carbocycles. The van der Waals surface area contributed by atoms with Gasteiger partial charge in [0, 0.05) is 31.5 Å². The van der Waals surface area contributed by atoms with E-state index in [2.05, 4.69) is 5.32 Å². The fraction of sp³-hybridized carbons (Fsp3) is 0.450. The second-order valence-electron chi connectivity index (χ2n) is 7.15. The number of ketones is 2. The molecule has 0 saturated carbocycles. The van der Waals surface area contributed by atoms with Gasteiger partial charge in [0.1, 0.15) is 18.2 Å². The minimum absolute atomic E-state index is 0.0249. The third-order valence-electron chi connectivity index (χ3n) is 5.13. The van der Waals surface area contributed by atoms with Crippen LogP contribution in [0.2, 0.25) is 0 Å². The van der Waals surface area contributed by atoms with Crippen LogP contribution in [0.15, 0.2) is 11.3 Å². The highest BCUT2D eigenvalue weighted by Gasteiger charge is 2.47. The summed E-state index contributed by atoms with van der Waals surface area (Å²) in [4.78, 5) is 61.4. The molecule has 0 spiro atoms. The third kappa shape index (κ3) is 3.83. The predicted molar refractivity (Wildman–Crippen MR) is 105 cm³/mol. The van der Waals surface area contributed by atoms with Crippen molar-refractivity contribution in [2.24, 2.45) is 0 Å². The Hall–Kier alpha value is -3.14. The summed E-state index contributed by atoms with van der Waals surface area (Å²) in [6, 6.07) is -0.711. The number of hydrogen-bond donors (Lipinski definition) is 1. The number of carbonyl (C=O) groups is 5. The molecule has 1 aromatic heterocycles. The lowest BCUT2D eigenvalue weighted by molar-refractivity contribution is -0.148. The van der Waals surface area contributed by atoms with Crippen LogP contribution in [-0.2, 0) is 41.7 Å². The molecule has 2 aliphatic rings. The number of carbonyl (C=O) groups excluding carboxylic acids is 5. The van der Waals surface area contributed by atoms with Gasteiger partial charge in [0.05, 0.1) is 24.4 Å². The number of esters is 2. The zero-order valence-electron chi connectivity index (χ0n) is 17.4. The zero-order valence-corrected chi connectivity index (χ0v) is 18.1. The summed E-state index contributed by atoms with van der Waals surface area (Å²) in [6.07, 6.45) is -1.04. The van der Waals surface area contributed by atoms with Crippen LogP contribution in [0.3, 0.4) is 0 Å². The number of allylic oxidation sites excluding steroid dienone is 2. The largest absolute Gasteiger partial charge is 0.492 e. The van der Waals surface area contributed by atoms with E-state index >= 15 is 0 Å². The van der Waals surface area contributed by atoms with Crippen LogP contribution in [0.25, 0.3) is 0 Å². The number of hydrogen-bond acceptors (Lipinski definition) is 8. The van der Waals surface area contributed by atoms with Gasteiger partial charge in [0.2, 0.25) is 17.5 Å². The normalized spacial score (nSPS) is 19.6. The number of nitrogens with one attached hydrogen (secondary N) is 1. The summed E-state index contributed by atoms with van der Waals surface area (Å²) in [5.74, 6) is -3.28. The molecular formula is C20H21ClN2O8. The van der Waals surface area contributed by atoms with Crippen molar-refractivity contribution in [1.29, 1.82) is 0 Å². The van der Waals surface area contributed by atoms with Crippen LogP contribution < -0.4 is 5.32 Å². The van der Waals surface area contributed by atoms with Crippen LogP contribution in [0.1, 0.15) is 59.0 Å². The SMILES string of the molecule is COC1=C(C)C(=O)c2c(c(COC(C)=O)c3n2CC(NC(C)=O)C3OC(=O)CCl)C1=O. The van der Waals surface area contributed by atoms with Gasteiger partial charge in [-0.2, -0.15) is 0 Å². The number of alkyl halides is 1. The number of nitrogens with zero attached hydrogens (tertiary/aromatic N) is 1. The Morgan fingerprint density at radius 1 is 1.19 bits per heavy atom. The molecule has 2 unspecified atom stereocenters. The molecule has 1 aliphatic carbocycles. The molecule has 166 valence electrons. The van der Waals surface area contributed by atoms with Crippen molar-refractivity contribution in [1.82, 2.24) is 9.88 Å². The second-order valence-corrected chi connectivity index (χ2v) is 7.41. The lowest BCUT2D eigenvalue weighted by atomic mass is 9.90. The number of methoxy groups -OCH3 is 1. The van der Waals surface area contributed by atoms with E-state index < -0.39 is 41.5 Å². The highest BCUT2D eigenvalue weighted by atomic mass is 35.5. The standard InChI is InChI=1S/C20H21ClN2O8/c1-8-17(27)16-14(18(28)19(8)29-4)11(7-30-10(3)25)15-20(31-13(26)5-21)12(6-23(15)16)22-9(2)24/h12,20H,5-7H2,1-4H3,(H,22,24). The first-order valence-corrected chi connectivity index (χ1v) is 9.91. The molecule has 0 saturated heterocycles. The molecule has 0 bridgehead atoms. The highest BCUT2D eigenvalue weighted by molar-refractivity contribution is 6.27. The van der Waals surface area contributed by atoms with Gasteiger partial charge in [-0.05, 0) is 6.92 Å². The van der Waals surface area contributed by atoms with Gasteiger partial charge in [-0.25, -0.2) is 0 Å². The first-order chi connectivity index (χ1) is 14.6. The van der Waals surface area contributed by atoms with Crippen molar-refractivity contribution in [2.45, 2.75) is 46.1 Å². The smallest absolute Gasteiger partial charge is 0.321 e. The van der Waals surface area contributed by atoms with E-state index in [-0.39, 0.29) is 52.9 Å². The first-order valence-electron chi connectivity index (χ1n) is 9.37. The topological polar surface area (TPSA) is 130 Å². The van der Waals surface area contributed by atoms with Gasteiger partial charge in [0.25, 0.3) is 0 Å². The molecular weight excluding hydrogens is 432 g/mol. The fourth-order valence-corrected chi connectivity index (χ4v) is 4.05. The van der Waals surface area contributed by atoms with Gasteiger partial charge in [-0.3, -0.25) is 24.0 Å². The Balaban J connectivity index is 2.23. The number of Topliss-reactive ketones (excluding diaryl/α,β-unsaturated/α-hetero) is 2. The van der Waals surface area contributed by atoms with Crippen molar-refractivity contribution >= 4 is 41.0 Å². The highest BCUT2D eigenvalue weighted by Crippen LogP contribution is 2.42. The van der Waals surface area contributed by atoms with Crippen molar-refractivity contribution in [3.63, 3.8) is 0 Å². The quantitative estimate of drug-likeness (QED) is 0.503. The predicted octanol–water partition coefficient (Wildman–Crippen LogP) is 1.19. The Bertz CT molecular complexity index is 1040. The van der Waals surface area contributed by atoms with Crippen LogP contribution in [0, 0.1) is 0 Å². The van der Waals surface area contributed by atoms with E-state index in [0.717, 1.165) is 0 Å². The summed E-state index contributed by atoms with van der Waals surface area (Å²) in [5.41, 5.74) is 0.717. The number of ether oxygens (including phenoxy) is 3. The van der Waals surface area contributed by atoms with Crippen LogP contribution in [0.5, 0.6) is 0 Å². The van der Waals surface area contributed by atoms with Gasteiger partial charge in [-0.1, -0.05) is 0 Å². The average Bonchev–Trinajstić information content (AvgIpc) is 3.19. The first kappa shape index (κ1) is 22.5. The molecule has 1 aromatic rings. The third-order valence-corrected chi connectivity index (χ3v) is 5.35. The molecule has 0 radical (unpaired) electrons. The number of halogens is 1. The van der Waals surface area contributed by atoms with E-state index in [1.807, 2.05) is 0 Å². The second kappa shape index (κ2) is 8.54. The monoisotopic (exact) mass is 452 g/mol. The number of amides is 1. The Morgan fingerprint density at radius 3 is 2.42 bits per heavy atom. The summed E-state index contributed by atoms with van der Waals surface area (Å²) in [6.45, 7) is 3.70. The summed E-state index contributed by atoms with van der Waals surface area (Å²) in [5, 5.41) is 2.69. The number of fused-ring (bicyclic) bond motifs is 3. The molecule has 10 nitrogen and oxygen atoms in total. The Kier molecular flexibility index (Phi) is 6.21. The van der Waals surface area contributed by atoms with Crippen molar-refractivity contribution in [2.75, 3.05) is 13.0 Å². The minimum atomic E-state index is -1.04. The van der Waals surface area contributed by atoms with Crippen LogP contribution >= 0.6 is 11.6 Å². The van der Waals surface area contributed by atoms with Gasteiger partial charge in [0.15, 0.2) is 11.9 Å². The lowest BCUT2D eigenvalue weighted by Gasteiger charge is -2.22. The lowest BCUT2D eigenvalue weighted by Crippen LogP contribution is -2.39. The van der Waals surface area contributed by atoms with Crippen molar-refractivity contribution in [3.05, 3.63) is 33.8 Å². The fourth-order valence-electron chi connectivity index (χ4n) is 3.99. The zero-order chi connectivity index (χ0) is 23.0. The van der Waals surface area contributed by atoms with E-state index in [4.69, 9.17) is 25.8 Å². The molecule has 0 fully saturated rings. The molecule has 11 heteroatoms. The number of aromatic nitrogens is 1. The molecule has 2 atom stereocenters. The molecule has 1 aliphatic heterocycles. The Labute approximate surface area is 182 Å². The van der Waals surface area contributed by atoms with E-state index in [1.165, 1.54) is 32.4 Å². The van der Waals surface area contributed by atoms with Gasteiger partial charge >= 0.3 is 11.9 Å². The van der Waals surface area contributed by atoms with Gasteiger partial charge < -0.3 is 24.1 Å². The maximum absolute atomic E-state index is 13.1. The summed E-state index contributed by atoms with van der Waals surface area (Å²) in [7, 11) is 1.28. The molecule has 31 heavy (non-hydrogen) atoms. The van der Waals surface area contributed by atoms with E-state index in [1.54, 1.807) is 0 Å².